The first-order valence-corrected chi connectivity index (χ1v) is 7.83. The molecule has 6 nitrogen and oxygen atoms in total. The molecule has 0 aliphatic heterocycles. The molecular formula is C17H24N2O4. The lowest BCUT2D eigenvalue weighted by Gasteiger charge is -2.10. The quantitative estimate of drug-likeness (QED) is 0.651. The first-order chi connectivity index (χ1) is 10.9. The molecule has 0 fully saturated rings. The molecule has 23 heavy (non-hydrogen) atoms. The molecule has 3 N–H and O–H groups in total. The molecule has 0 aliphatic rings. The molecule has 1 unspecified atom stereocenters. The molecule has 1 aromatic rings. The van der Waals surface area contributed by atoms with E-state index in [2.05, 4.69) is 10.6 Å². The molecule has 6 heteroatoms. The second-order valence-electron chi connectivity index (χ2n) is 5.44. The van der Waals surface area contributed by atoms with Crippen LogP contribution in [0, 0.1) is 0 Å². The Hall–Kier alpha value is -2.37. The smallest absolute Gasteiger partial charge is 0.310 e. The average Bonchev–Trinajstić information content (AvgIpc) is 2.52. The van der Waals surface area contributed by atoms with E-state index in [1.807, 2.05) is 6.92 Å². The van der Waals surface area contributed by atoms with Crippen molar-refractivity contribution < 1.29 is 19.5 Å². The minimum Gasteiger partial charge on any atom is -0.481 e. The summed E-state index contributed by atoms with van der Waals surface area (Å²) in [7, 11) is 0. The van der Waals surface area contributed by atoms with Crippen LogP contribution in [0.5, 0.6) is 0 Å². The van der Waals surface area contributed by atoms with Gasteiger partial charge in [-0.05, 0) is 37.5 Å². The monoisotopic (exact) mass is 320 g/mol. The number of anilines is 1. The van der Waals surface area contributed by atoms with Crippen LogP contribution < -0.4 is 10.6 Å². The minimum absolute atomic E-state index is 0.0445. The summed E-state index contributed by atoms with van der Waals surface area (Å²) < 4.78 is 0. The predicted molar refractivity (Wildman–Crippen MR) is 88.3 cm³/mol. The molecule has 0 saturated carbocycles. The van der Waals surface area contributed by atoms with Crippen molar-refractivity contribution in [1.82, 2.24) is 5.32 Å². The summed E-state index contributed by atoms with van der Waals surface area (Å²) in [6.45, 7) is 4.23. The molecule has 0 aliphatic carbocycles. The SMILES string of the molecule is CCCNC(=O)CCCC(=O)Nc1cccc(C(C)C(=O)O)c1. The fraction of sp³-hybridized carbons (Fsp3) is 0.471. The molecule has 0 bridgehead atoms. The molecular weight excluding hydrogens is 296 g/mol. The van der Waals surface area contributed by atoms with Gasteiger partial charge in [0, 0.05) is 25.1 Å². The van der Waals surface area contributed by atoms with Crippen LogP contribution >= 0.6 is 0 Å². The predicted octanol–water partition coefficient (Wildman–Crippen LogP) is 2.51. The van der Waals surface area contributed by atoms with Crippen molar-refractivity contribution in [3.05, 3.63) is 29.8 Å². The highest BCUT2D eigenvalue weighted by molar-refractivity contribution is 5.91. The van der Waals surface area contributed by atoms with Crippen molar-refractivity contribution in [2.45, 2.75) is 45.4 Å². The lowest BCUT2D eigenvalue weighted by Crippen LogP contribution is -2.24. The maximum atomic E-state index is 11.9. The normalized spacial score (nSPS) is 11.6. The summed E-state index contributed by atoms with van der Waals surface area (Å²) in [5, 5.41) is 14.5. The zero-order valence-corrected chi connectivity index (χ0v) is 13.6. The Morgan fingerprint density at radius 2 is 1.87 bits per heavy atom. The fourth-order valence-electron chi connectivity index (χ4n) is 2.01. The Bertz CT molecular complexity index is 557. The van der Waals surface area contributed by atoms with E-state index in [1.165, 1.54) is 0 Å². The van der Waals surface area contributed by atoms with Gasteiger partial charge in [-0.15, -0.1) is 0 Å². The summed E-state index contributed by atoms with van der Waals surface area (Å²) in [4.78, 5) is 34.3. The van der Waals surface area contributed by atoms with Crippen molar-refractivity contribution in [1.29, 1.82) is 0 Å². The number of aliphatic carboxylic acids is 1. The number of hydrogen-bond donors (Lipinski definition) is 3. The van der Waals surface area contributed by atoms with Crippen LogP contribution in [0.4, 0.5) is 5.69 Å². The molecule has 0 heterocycles. The molecule has 1 aromatic carbocycles. The number of rotatable bonds is 9. The second kappa shape index (κ2) is 9.61. The molecule has 0 radical (unpaired) electrons. The Morgan fingerprint density at radius 1 is 1.17 bits per heavy atom. The third kappa shape index (κ3) is 6.95. The van der Waals surface area contributed by atoms with Gasteiger partial charge in [0.2, 0.25) is 11.8 Å². The van der Waals surface area contributed by atoms with Gasteiger partial charge in [0.05, 0.1) is 5.92 Å². The van der Waals surface area contributed by atoms with Crippen LogP contribution in [0.1, 0.15) is 51.0 Å². The zero-order chi connectivity index (χ0) is 17.2. The van der Waals surface area contributed by atoms with E-state index < -0.39 is 11.9 Å². The topological polar surface area (TPSA) is 95.5 Å². The van der Waals surface area contributed by atoms with Gasteiger partial charge in [0.25, 0.3) is 0 Å². The summed E-state index contributed by atoms with van der Waals surface area (Å²) in [6.07, 6.45) is 1.94. The Morgan fingerprint density at radius 3 is 2.52 bits per heavy atom. The molecule has 0 aromatic heterocycles. The molecule has 1 atom stereocenters. The number of carbonyl (C=O) groups excluding carboxylic acids is 2. The van der Waals surface area contributed by atoms with E-state index in [1.54, 1.807) is 31.2 Å². The zero-order valence-electron chi connectivity index (χ0n) is 13.6. The first-order valence-electron chi connectivity index (χ1n) is 7.83. The van der Waals surface area contributed by atoms with Gasteiger partial charge in [-0.25, -0.2) is 0 Å². The van der Waals surface area contributed by atoms with Gasteiger partial charge in [0.1, 0.15) is 0 Å². The third-order valence-electron chi connectivity index (χ3n) is 3.42. The lowest BCUT2D eigenvalue weighted by molar-refractivity contribution is -0.138. The van der Waals surface area contributed by atoms with E-state index in [0.717, 1.165) is 6.42 Å². The van der Waals surface area contributed by atoms with Crippen LogP contribution in [0.2, 0.25) is 0 Å². The Balaban J connectivity index is 2.44. The summed E-state index contributed by atoms with van der Waals surface area (Å²) in [5.74, 6) is -1.77. The van der Waals surface area contributed by atoms with Crippen molar-refractivity contribution in [3.63, 3.8) is 0 Å². The highest BCUT2D eigenvalue weighted by Crippen LogP contribution is 2.19. The number of carboxylic acids is 1. The number of carboxylic acid groups (broad SMARTS) is 1. The molecule has 126 valence electrons. The number of amides is 2. The largest absolute Gasteiger partial charge is 0.481 e. The van der Waals surface area contributed by atoms with Crippen molar-refractivity contribution in [2.24, 2.45) is 0 Å². The maximum Gasteiger partial charge on any atom is 0.310 e. The standard InChI is InChI=1S/C17H24N2O4/c1-3-10-18-15(20)8-5-9-16(21)19-14-7-4-6-13(11-14)12(2)17(22)23/h4,6-7,11-12H,3,5,8-10H2,1-2H3,(H,18,20)(H,19,21)(H,22,23). The van der Waals surface area contributed by atoms with Crippen LogP contribution in [-0.4, -0.2) is 29.4 Å². The Kier molecular flexibility index (Phi) is 7.80. The van der Waals surface area contributed by atoms with Crippen LogP contribution in [0.25, 0.3) is 0 Å². The van der Waals surface area contributed by atoms with E-state index in [9.17, 15) is 14.4 Å². The number of benzene rings is 1. The number of hydrogen-bond acceptors (Lipinski definition) is 3. The van der Waals surface area contributed by atoms with Gasteiger partial charge in [-0.1, -0.05) is 19.1 Å². The highest BCUT2D eigenvalue weighted by atomic mass is 16.4. The molecule has 2 amide bonds. The van der Waals surface area contributed by atoms with Gasteiger partial charge < -0.3 is 15.7 Å². The molecule has 0 saturated heterocycles. The van der Waals surface area contributed by atoms with E-state index in [-0.39, 0.29) is 18.2 Å². The van der Waals surface area contributed by atoms with Crippen LogP contribution in [-0.2, 0) is 14.4 Å². The number of carbonyl (C=O) groups is 3. The van der Waals surface area contributed by atoms with Crippen molar-refractivity contribution in [2.75, 3.05) is 11.9 Å². The summed E-state index contributed by atoms with van der Waals surface area (Å²) >= 11 is 0. The highest BCUT2D eigenvalue weighted by Gasteiger charge is 2.14. The van der Waals surface area contributed by atoms with Gasteiger partial charge in [-0.3, -0.25) is 14.4 Å². The van der Waals surface area contributed by atoms with Crippen LogP contribution in [0.3, 0.4) is 0 Å². The lowest BCUT2D eigenvalue weighted by atomic mass is 10.0. The number of nitrogens with one attached hydrogen (secondary N) is 2. The summed E-state index contributed by atoms with van der Waals surface area (Å²) in [6, 6.07) is 6.80. The van der Waals surface area contributed by atoms with E-state index in [0.29, 0.717) is 30.6 Å². The minimum atomic E-state index is -0.911. The van der Waals surface area contributed by atoms with E-state index in [4.69, 9.17) is 5.11 Å². The van der Waals surface area contributed by atoms with Gasteiger partial charge in [0.15, 0.2) is 0 Å². The first kappa shape index (κ1) is 18.7. The third-order valence-corrected chi connectivity index (χ3v) is 3.42. The van der Waals surface area contributed by atoms with Crippen molar-refractivity contribution >= 4 is 23.5 Å². The Labute approximate surface area is 136 Å². The van der Waals surface area contributed by atoms with Crippen LogP contribution in [0.15, 0.2) is 24.3 Å². The molecule has 0 spiro atoms. The van der Waals surface area contributed by atoms with Gasteiger partial charge in [-0.2, -0.15) is 0 Å². The fourth-order valence-corrected chi connectivity index (χ4v) is 2.01. The second-order valence-corrected chi connectivity index (χ2v) is 5.44. The maximum absolute atomic E-state index is 11.9. The summed E-state index contributed by atoms with van der Waals surface area (Å²) in [5.41, 5.74) is 1.20. The van der Waals surface area contributed by atoms with Gasteiger partial charge >= 0.3 is 5.97 Å². The average molecular weight is 320 g/mol. The van der Waals surface area contributed by atoms with Crippen molar-refractivity contribution in [3.8, 4) is 0 Å². The molecule has 1 rings (SSSR count). The van der Waals surface area contributed by atoms with E-state index >= 15 is 0 Å².